The molecule has 0 unspecified atom stereocenters. The maximum absolute atomic E-state index is 12.1. The zero-order valence-electron chi connectivity index (χ0n) is 10.9. The fraction of sp³-hybridized carbons (Fsp3) is 0.385. The van der Waals surface area contributed by atoms with Crippen molar-refractivity contribution < 1.29 is 19.4 Å². The number of hydrogen-bond donors (Lipinski definition) is 3. The lowest BCUT2D eigenvalue weighted by atomic mass is 10.0. The summed E-state index contributed by atoms with van der Waals surface area (Å²) in [4.78, 5) is 24.2. The molecular weight excluding hydrogens is 284 g/mol. The van der Waals surface area contributed by atoms with Crippen LogP contribution >= 0.6 is 11.6 Å². The number of fused-ring (bicyclic) bond motifs is 1. The standard InChI is InChI=1S/C13H15ClN2O4/c1-13(11(18)15-5-2-6-17)12(19)16-9-7-8(14)3-4-10(9)20-13/h3-4,7,17H,2,5-6H2,1H3,(H,15,18)(H,16,19)/t13-/m1/s1. The molecule has 108 valence electrons. The molecule has 1 aliphatic heterocycles. The third-order valence-corrected chi connectivity index (χ3v) is 3.23. The molecule has 6 nitrogen and oxygen atoms in total. The molecule has 1 heterocycles. The molecule has 2 amide bonds. The van der Waals surface area contributed by atoms with E-state index in [9.17, 15) is 9.59 Å². The summed E-state index contributed by atoms with van der Waals surface area (Å²) in [6.45, 7) is 1.63. The zero-order chi connectivity index (χ0) is 14.8. The van der Waals surface area contributed by atoms with Gasteiger partial charge >= 0.3 is 0 Å². The highest BCUT2D eigenvalue weighted by atomic mass is 35.5. The van der Waals surface area contributed by atoms with Gasteiger partial charge < -0.3 is 20.5 Å². The Morgan fingerprint density at radius 2 is 2.30 bits per heavy atom. The van der Waals surface area contributed by atoms with Crippen LogP contribution in [0.1, 0.15) is 13.3 Å². The third-order valence-electron chi connectivity index (χ3n) is 2.99. The van der Waals surface area contributed by atoms with Crippen LogP contribution in [0.5, 0.6) is 5.75 Å². The minimum Gasteiger partial charge on any atom is -0.466 e. The van der Waals surface area contributed by atoms with Crippen LogP contribution in [0.4, 0.5) is 5.69 Å². The van der Waals surface area contributed by atoms with Gasteiger partial charge in [0, 0.05) is 18.2 Å². The number of amides is 2. The number of ether oxygens (including phenoxy) is 1. The van der Waals surface area contributed by atoms with E-state index in [1.165, 1.54) is 6.92 Å². The molecular formula is C13H15ClN2O4. The van der Waals surface area contributed by atoms with E-state index in [0.717, 1.165) is 0 Å². The van der Waals surface area contributed by atoms with Crippen LogP contribution < -0.4 is 15.4 Å². The summed E-state index contributed by atoms with van der Waals surface area (Å²) in [5.41, 5.74) is -1.21. The van der Waals surface area contributed by atoms with Crippen molar-refractivity contribution in [1.82, 2.24) is 5.32 Å². The second-order valence-electron chi connectivity index (χ2n) is 4.56. The number of aliphatic hydroxyl groups excluding tert-OH is 1. The first-order valence-electron chi connectivity index (χ1n) is 6.16. The minimum absolute atomic E-state index is 0.0363. The third kappa shape index (κ3) is 2.71. The van der Waals surface area contributed by atoms with E-state index < -0.39 is 17.4 Å². The molecule has 20 heavy (non-hydrogen) atoms. The number of anilines is 1. The molecule has 7 heteroatoms. The van der Waals surface area contributed by atoms with Gasteiger partial charge in [0.25, 0.3) is 17.4 Å². The zero-order valence-corrected chi connectivity index (χ0v) is 11.7. The smallest absolute Gasteiger partial charge is 0.278 e. The van der Waals surface area contributed by atoms with Crippen molar-refractivity contribution in [2.24, 2.45) is 0 Å². The summed E-state index contributed by atoms with van der Waals surface area (Å²) in [5.74, 6) is -0.730. The number of hydrogen-bond acceptors (Lipinski definition) is 4. The van der Waals surface area contributed by atoms with E-state index >= 15 is 0 Å². The Morgan fingerprint density at radius 3 is 3.00 bits per heavy atom. The summed E-state index contributed by atoms with van der Waals surface area (Å²) in [6.07, 6.45) is 0.412. The second kappa shape index (κ2) is 5.68. The van der Waals surface area contributed by atoms with Gasteiger partial charge in [-0.25, -0.2) is 0 Å². The lowest BCUT2D eigenvalue weighted by molar-refractivity contribution is -0.146. The molecule has 0 aliphatic carbocycles. The Balaban J connectivity index is 2.18. The van der Waals surface area contributed by atoms with E-state index in [2.05, 4.69) is 10.6 Å². The first-order valence-corrected chi connectivity index (χ1v) is 6.54. The maximum atomic E-state index is 12.1. The van der Waals surface area contributed by atoms with Gasteiger partial charge in [0.2, 0.25) is 0 Å². The summed E-state index contributed by atoms with van der Waals surface area (Å²) in [6, 6.07) is 4.76. The molecule has 3 N–H and O–H groups in total. The molecule has 0 fully saturated rings. The monoisotopic (exact) mass is 298 g/mol. The molecule has 0 radical (unpaired) electrons. The van der Waals surface area contributed by atoms with Gasteiger partial charge in [-0.05, 0) is 31.5 Å². The molecule has 1 aromatic rings. The number of nitrogens with one attached hydrogen (secondary N) is 2. The highest BCUT2D eigenvalue weighted by Crippen LogP contribution is 2.35. The summed E-state index contributed by atoms with van der Waals surface area (Å²) in [7, 11) is 0. The van der Waals surface area contributed by atoms with E-state index in [1.54, 1.807) is 18.2 Å². The number of carbonyl (C=O) groups excluding carboxylic acids is 2. The number of rotatable bonds is 4. The van der Waals surface area contributed by atoms with Gasteiger partial charge in [0.1, 0.15) is 5.75 Å². The number of carbonyl (C=O) groups is 2. The molecule has 0 saturated heterocycles. The largest absolute Gasteiger partial charge is 0.466 e. The van der Waals surface area contributed by atoms with Crippen LogP contribution in [-0.2, 0) is 9.59 Å². The molecule has 1 aliphatic rings. The highest BCUT2D eigenvalue weighted by molar-refractivity contribution is 6.31. The Hall–Kier alpha value is -1.79. The first-order chi connectivity index (χ1) is 9.47. The van der Waals surface area contributed by atoms with Crippen molar-refractivity contribution >= 4 is 29.1 Å². The highest BCUT2D eigenvalue weighted by Gasteiger charge is 2.47. The second-order valence-corrected chi connectivity index (χ2v) is 5.00. The quantitative estimate of drug-likeness (QED) is 0.570. The maximum Gasteiger partial charge on any atom is 0.278 e. The Bertz CT molecular complexity index is 549. The fourth-order valence-corrected chi connectivity index (χ4v) is 1.97. The average molecular weight is 299 g/mol. The van der Waals surface area contributed by atoms with Crippen molar-refractivity contribution in [3.8, 4) is 5.75 Å². The van der Waals surface area contributed by atoms with Crippen molar-refractivity contribution in [1.29, 1.82) is 0 Å². The minimum atomic E-state index is -1.64. The summed E-state index contributed by atoms with van der Waals surface area (Å²) >= 11 is 5.83. The predicted molar refractivity (Wildman–Crippen MR) is 73.8 cm³/mol. The van der Waals surface area contributed by atoms with Gasteiger partial charge in [-0.1, -0.05) is 11.6 Å². The lowest BCUT2D eigenvalue weighted by Crippen LogP contribution is -2.58. The molecule has 0 aromatic heterocycles. The van der Waals surface area contributed by atoms with Crippen molar-refractivity contribution in [3.63, 3.8) is 0 Å². The summed E-state index contributed by atoms with van der Waals surface area (Å²) < 4.78 is 5.53. The molecule has 1 atom stereocenters. The van der Waals surface area contributed by atoms with E-state index in [0.29, 0.717) is 22.9 Å². The van der Waals surface area contributed by atoms with E-state index in [-0.39, 0.29) is 13.2 Å². The van der Waals surface area contributed by atoms with Crippen LogP contribution in [-0.4, -0.2) is 35.7 Å². The lowest BCUT2D eigenvalue weighted by Gasteiger charge is -2.33. The molecule has 0 bridgehead atoms. The number of aliphatic hydroxyl groups is 1. The molecule has 0 spiro atoms. The molecule has 0 saturated carbocycles. The molecule has 1 aromatic carbocycles. The molecule has 2 rings (SSSR count). The van der Waals surface area contributed by atoms with E-state index in [1.807, 2.05) is 0 Å². The summed E-state index contributed by atoms with van der Waals surface area (Å²) in [5, 5.41) is 14.3. The van der Waals surface area contributed by atoms with Crippen LogP contribution in [0, 0.1) is 0 Å². The Morgan fingerprint density at radius 1 is 1.55 bits per heavy atom. The number of benzene rings is 1. The van der Waals surface area contributed by atoms with Gasteiger partial charge in [-0.2, -0.15) is 0 Å². The van der Waals surface area contributed by atoms with Crippen LogP contribution in [0.25, 0.3) is 0 Å². The van der Waals surface area contributed by atoms with Crippen LogP contribution in [0.2, 0.25) is 5.02 Å². The van der Waals surface area contributed by atoms with Crippen molar-refractivity contribution in [2.45, 2.75) is 18.9 Å². The van der Waals surface area contributed by atoms with Crippen molar-refractivity contribution in [3.05, 3.63) is 23.2 Å². The van der Waals surface area contributed by atoms with E-state index in [4.69, 9.17) is 21.4 Å². The Kier molecular flexibility index (Phi) is 4.15. The topological polar surface area (TPSA) is 87.7 Å². The van der Waals surface area contributed by atoms with Gasteiger partial charge in [0.05, 0.1) is 5.69 Å². The normalized spacial score (nSPS) is 20.6. The van der Waals surface area contributed by atoms with Gasteiger partial charge in [0.15, 0.2) is 0 Å². The van der Waals surface area contributed by atoms with Crippen LogP contribution in [0.15, 0.2) is 18.2 Å². The SMILES string of the molecule is C[C@]1(C(=O)NCCCO)Oc2ccc(Cl)cc2NC1=O. The van der Waals surface area contributed by atoms with Crippen LogP contribution in [0.3, 0.4) is 0 Å². The average Bonchev–Trinajstić information content (AvgIpc) is 2.40. The van der Waals surface area contributed by atoms with Crippen molar-refractivity contribution in [2.75, 3.05) is 18.5 Å². The predicted octanol–water partition coefficient (Wildman–Crippen LogP) is 0.928. The Labute approximate surface area is 121 Å². The van der Waals surface area contributed by atoms with Gasteiger partial charge in [-0.3, -0.25) is 9.59 Å². The van der Waals surface area contributed by atoms with Gasteiger partial charge in [-0.15, -0.1) is 0 Å². The fourth-order valence-electron chi connectivity index (χ4n) is 1.80. The number of halogens is 1. The first kappa shape index (κ1) is 14.6.